The summed E-state index contributed by atoms with van der Waals surface area (Å²) in [5.74, 6) is -1.08. The third-order valence-corrected chi connectivity index (χ3v) is 4.03. The Kier molecular flexibility index (Phi) is 4.35. The lowest BCUT2D eigenvalue weighted by Gasteiger charge is -2.19. The molecule has 1 aliphatic heterocycles. The quantitative estimate of drug-likeness (QED) is 0.927. The van der Waals surface area contributed by atoms with Crippen molar-refractivity contribution in [3.8, 4) is 0 Å². The number of aromatic nitrogens is 1. The van der Waals surface area contributed by atoms with Crippen LogP contribution < -0.4 is 15.1 Å². The maximum Gasteiger partial charge on any atom is 0.330 e. The number of carbonyl (C=O) groups excluding carboxylic acids is 2. The molecule has 0 radical (unpaired) electrons. The molecule has 1 fully saturated rings. The predicted molar refractivity (Wildman–Crippen MR) is 89.1 cm³/mol. The summed E-state index contributed by atoms with van der Waals surface area (Å²) >= 11 is 5.75. The monoisotopic (exact) mass is 348 g/mol. The molecule has 6 nitrogen and oxygen atoms in total. The van der Waals surface area contributed by atoms with Gasteiger partial charge in [-0.15, -0.1) is 0 Å². The first kappa shape index (κ1) is 16.2. The second-order valence-electron chi connectivity index (χ2n) is 5.15. The summed E-state index contributed by atoms with van der Waals surface area (Å²) in [6.07, 6.45) is 1.35. The fraction of sp³-hybridized carbons (Fsp3) is 0.188. The lowest BCUT2D eigenvalue weighted by molar-refractivity contribution is 0.0963. The summed E-state index contributed by atoms with van der Waals surface area (Å²) < 4.78 is 14.1. The molecule has 1 N–H and O–H groups in total. The number of nitrogens with one attached hydrogen (secondary N) is 1. The molecule has 2 aromatic rings. The van der Waals surface area contributed by atoms with Crippen LogP contribution in [0.4, 0.5) is 20.7 Å². The fourth-order valence-electron chi connectivity index (χ4n) is 2.53. The van der Waals surface area contributed by atoms with E-state index >= 15 is 0 Å². The van der Waals surface area contributed by atoms with E-state index in [1.54, 1.807) is 24.3 Å². The van der Waals surface area contributed by atoms with Crippen LogP contribution in [0.2, 0.25) is 5.02 Å². The number of carbonyl (C=O) groups is 2. The largest absolute Gasteiger partial charge is 0.355 e. The minimum Gasteiger partial charge on any atom is -0.355 e. The van der Waals surface area contributed by atoms with E-state index < -0.39 is 11.8 Å². The molecule has 8 heteroatoms. The highest BCUT2D eigenvalue weighted by Crippen LogP contribution is 2.28. The predicted octanol–water partition coefficient (Wildman–Crippen LogP) is 2.68. The average Bonchev–Trinajstić information content (AvgIpc) is 2.98. The Morgan fingerprint density at radius 1 is 1.29 bits per heavy atom. The molecule has 3 amide bonds. The summed E-state index contributed by atoms with van der Waals surface area (Å²) in [4.78, 5) is 31.0. The zero-order valence-electron chi connectivity index (χ0n) is 12.8. The molecule has 2 heterocycles. The first-order valence-electron chi connectivity index (χ1n) is 7.24. The second-order valence-corrected chi connectivity index (χ2v) is 5.55. The zero-order valence-corrected chi connectivity index (χ0v) is 13.5. The SMILES string of the molecule is CNC(=O)c1cccc(N2CCN(c3nccc(Cl)c3F)C2=O)c1. The molecule has 0 aliphatic carbocycles. The van der Waals surface area contributed by atoms with Gasteiger partial charge in [0.1, 0.15) is 0 Å². The van der Waals surface area contributed by atoms with Crippen molar-refractivity contribution < 1.29 is 14.0 Å². The van der Waals surface area contributed by atoms with E-state index in [0.717, 1.165) is 0 Å². The van der Waals surface area contributed by atoms with E-state index in [1.165, 1.54) is 29.1 Å². The number of benzene rings is 1. The van der Waals surface area contributed by atoms with E-state index in [9.17, 15) is 14.0 Å². The van der Waals surface area contributed by atoms with Crippen molar-refractivity contribution in [3.05, 3.63) is 52.9 Å². The summed E-state index contributed by atoms with van der Waals surface area (Å²) in [7, 11) is 1.53. The number of hydrogen-bond acceptors (Lipinski definition) is 3. The van der Waals surface area contributed by atoms with Crippen LogP contribution in [0.25, 0.3) is 0 Å². The van der Waals surface area contributed by atoms with Crippen LogP contribution in [-0.4, -0.2) is 37.1 Å². The van der Waals surface area contributed by atoms with E-state index in [4.69, 9.17) is 11.6 Å². The molecule has 0 bridgehead atoms. The highest BCUT2D eigenvalue weighted by Gasteiger charge is 2.33. The molecule has 1 aromatic carbocycles. The van der Waals surface area contributed by atoms with Gasteiger partial charge in [0.05, 0.1) is 5.02 Å². The molecule has 124 valence electrons. The Labute approximate surface area is 142 Å². The van der Waals surface area contributed by atoms with Crippen LogP contribution in [0.1, 0.15) is 10.4 Å². The molecule has 24 heavy (non-hydrogen) atoms. The molecule has 0 atom stereocenters. The minimum atomic E-state index is -0.728. The van der Waals surface area contributed by atoms with Gasteiger partial charge in [-0.3, -0.25) is 14.6 Å². The topological polar surface area (TPSA) is 65.5 Å². The first-order chi connectivity index (χ1) is 11.5. The van der Waals surface area contributed by atoms with Crippen molar-refractivity contribution in [2.75, 3.05) is 29.9 Å². The third-order valence-electron chi connectivity index (χ3n) is 3.74. The first-order valence-corrected chi connectivity index (χ1v) is 7.62. The van der Waals surface area contributed by atoms with Gasteiger partial charge < -0.3 is 5.32 Å². The highest BCUT2D eigenvalue weighted by molar-refractivity contribution is 6.31. The number of anilines is 2. The van der Waals surface area contributed by atoms with Crippen molar-refractivity contribution in [1.29, 1.82) is 0 Å². The van der Waals surface area contributed by atoms with Gasteiger partial charge in [-0.2, -0.15) is 0 Å². The number of halogens is 2. The smallest absolute Gasteiger partial charge is 0.330 e. The van der Waals surface area contributed by atoms with Crippen molar-refractivity contribution in [2.45, 2.75) is 0 Å². The third kappa shape index (κ3) is 2.78. The highest BCUT2D eigenvalue weighted by atomic mass is 35.5. The Hall–Kier alpha value is -2.67. The van der Waals surface area contributed by atoms with Gasteiger partial charge in [0.15, 0.2) is 11.6 Å². The number of hydrogen-bond donors (Lipinski definition) is 1. The summed E-state index contributed by atoms with van der Waals surface area (Å²) in [5, 5.41) is 2.44. The molecule has 3 rings (SSSR count). The van der Waals surface area contributed by atoms with Gasteiger partial charge in [0, 0.05) is 37.6 Å². The number of nitrogens with zero attached hydrogens (tertiary/aromatic N) is 3. The standard InChI is InChI=1S/C16H14ClFN4O2/c1-19-15(23)10-3-2-4-11(9-10)21-7-8-22(16(21)24)14-13(18)12(17)5-6-20-14/h2-6,9H,7-8H2,1H3,(H,19,23). The second kappa shape index (κ2) is 6.45. The molecule has 0 unspecified atom stereocenters. The maximum atomic E-state index is 14.1. The minimum absolute atomic E-state index is 0.0899. The van der Waals surface area contributed by atoms with Gasteiger partial charge in [0.2, 0.25) is 0 Å². The number of urea groups is 1. The maximum absolute atomic E-state index is 14.1. The zero-order chi connectivity index (χ0) is 17.3. The normalized spacial score (nSPS) is 14.2. The van der Waals surface area contributed by atoms with Crippen molar-refractivity contribution in [2.24, 2.45) is 0 Å². The summed E-state index contributed by atoms with van der Waals surface area (Å²) in [6, 6.07) is 7.58. The van der Waals surface area contributed by atoms with Gasteiger partial charge in [0.25, 0.3) is 5.91 Å². The van der Waals surface area contributed by atoms with Crippen molar-refractivity contribution in [3.63, 3.8) is 0 Å². The summed E-state index contributed by atoms with van der Waals surface area (Å²) in [6.45, 7) is 0.622. The lowest BCUT2D eigenvalue weighted by Crippen LogP contribution is -2.33. The number of amides is 3. The van der Waals surface area contributed by atoms with Crippen molar-refractivity contribution in [1.82, 2.24) is 10.3 Å². The van der Waals surface area contributed by atoms with Crippen LogP contribution in [0.15, 0.2) is 36.5 Å². The van der Waals surface area contributed by atoms with Crippen molar-refractivity contribution >= 4 is 35.0 Å². The van der Waals surface area contributed by atoms with Crippen LogP contribution >= 0.6 is 11.6 Å². The Morgan fingerprint density at radius 2 is 2.04 bits per heavy atom. The van der Waals surface area contributed by atoms with E-state index in [1.807, 2.05) is 0 Å². The molecule has 1 aliphatic rings. The molecule has 0 saturated carbocycles. The van der Waals surface area contributed by atoms with Gasteiger partial charge in [-0.25, -0.2) is 14.2 Å². The van der Waals surface area contributed by atoms with E-state index in [0.29, 0.717) is 17.8 Å². The van der Waals surface area contributed by atoms with Gasteiger partial charge in [-0.1, -0.05) is 17.7 Å². The summed E-state index contributed by atoms with van der Waals surface area (Å²) in [5.41, 5.74) is 0.999. The number of pyridine rings is 1. The molecule has 0 spiro atoms. The Bertz CT molecular complexity index is 814. The molecular formula is C16H14ClFN4O2. The van der Waals surface area contributed by atoms with Crippen LogP contribution in [0.5, 0.6) is 0 Å². The molecule has 1 saturated heterocycles. The van der Waals surface area contributed by atoms with Crippen LogP contribution in [0, 0.1) is 5.82 Å². The lowest BCUT2D eigenvalue weighted by atomic mass is 10.2. The average molecular weight is 349 g/mol. The van der Waals surface area contributed by atoms with E-state index in [2.05, 4.69) is 10.3 Å². The van der Waals surface area contributed by atoms with Crippen LogP contribution in [-0.2, 0) is 0 Å². The fourth-order valence-corrected chi connectivity index (χ4v) is 2.67. The van der Waals surface area contributed by atoms with Crippen LogP contribution in [0.3, 0.4) is 0 Å². The molecular weight excluding hydrogens is 335 g/mol. The number of rotatable bonds is 3. The van der Waals surface area contributed by atoms with Gasteiger partial charge in [-0.05, 0) is 24.3 Å². The van der Waals surface area contributed by atoms with Gasteiger partial charge >= 0.3 is 6.03 Å². The Balaban J connectivity index is 1.89. The Morgan fingerprint density at radius 3 is 2.79 bits per heavy atom. The van der Waals surface area contributed by atoms with E-state index in [-0.39, 0.29) is 23.3 Å². The molecule has 1 aromatic heterocycles.